The van der Waals surface area contributed by atoms with Crippen LogP contribution in [0.25, 0.3) is 0 Å². The van der Waals surface area contributed by atoms with E-state index in [9.17, 15) is 5.11 Å². The minimum Gasteiger partial charge on any atom is -0.393 e. The molecule has 2 N–H and O–H groups in total. The molecule has 2 fully saturated rings. The minimum atomic E-state index is -0.146. The predicted octanol–water partition coefficient (Wildman–Crippen LogP) is 2.40. The lowest BCUT2D eigenvalue weighted by atomic mass is 9.88. The van der Waals surface area contributed by atoms with Gasteiger partial charge in [0.25, 0.3) is 0 Å². The van der Waals surface area contributed by atoms with Gasteiger partial charge in [-0.25, -0.2) is 0 Å². The zero-order chi connectivity index (χ0) is 14.7. The van der Waals surface area contributed by atoms with Gasteiger partial charge in [0.1, 0.15) is 0 Å². The highest BCUT2D eigenvalue weighted by molar-refractivity contribution is 5.14. The Morgan fingerprint density at radius 2 is 2.00 bits per heavy atom. The van der Waals surface area contributed by atoms with Crippen LogP contribution in [0.15, 0.2) is 30.3 Å². The van der Waals surface area contributed by atoms with E-state index >= 15 is 0 Å². The third-order valence-electron chi connectivity index (χ3n) is 4.97. The fourth-order valence-corrected chi connectivity index (χ4v) is 3.53. The van der Waals surface area contributed by atoms with Crippen molar-refractivity contribution in [1.82, 2.24) is 10.2 Å². The van der Waals surface area contributed by atoms with Crippen LogP contribution in [-0.4, -0.2) is 41.3 Å². The van der Waals surface area contributed by atoms with Gasteiger partial charge in [0.05, 0.1) is 6.10 Å². The molecular weight excluding hydrogens is 260 g/mol. The van der Waals surface area contributed by atoms with Crippen LogP contribution in [0, 0.1) is 5.92 Å². The van der Waals surface area contributed by atoms with E-state index in [2.05, 4.69) is 47.5 Å². The molecule has 2 aliphatic rings. The van der Waals surface area contributed by atoms with Crippen LogP contribution in [0.5, 0.6) is 0 Å². The second-order valence-electron chi connectivity index (χ2n) is 6.72. The zero-order valence-corrected chi connectivity index (χ0v) is 13.0. The molecule has 1 aromatic carbocycles. The fraction of sp³-hybridized carbons (Fsp3) is 0.667. The molecular formula is C18H28N2O. The third kappa shape index (κ3) is 4.06. The number of aliphatic hydroxyl groups excluding tert-OH is 1. The maximum atomic E-state index is 10.3. The molecule has 1 aliphatic heterocycles. The molecule has 21 heavy (non-hydrogen) atoms. The smallest absolute Gasteiger partial charge is 0.0578 e. The Balaban J connectivity index is 1.57. The summed E-state index contributed by atoms with van der Waals surface area (Å²) < 4.78 is 0. The maximum absolute atomic E-state index is 10.3. The largest absolute Gasteiger partial charge is 0.393 e. The highest BCUT2D eigenvalue weighted by Crippen LogP contribution is 2.32. The van der Waals surface area contributed by atoms with E-state index in [1.807, 2.05) is 0 Å². The molecule has 3 rings (SSSR count). The molecule has 0 amide bonds. The van der Waals surface area contributed by atoms with Crippen molar-refractivity contribution in [2.24, 2.45) is 5.92 Å². The number of piperidine rings is 1. The third-order valence-corrected chi connectivity index (χ3v) is 4.97. The molecule has 0 spiro atoms. The first-order valence-corrected chi connectivity index (χ1v) is 8.45. The van der Waals surface area contributed by atoms with E-state index < -0.39 is 0 Å². The summed E-state index contributed by atoms with van der Waals surface area (Å²) in [5, 5.41) is 14.0. The van der Waals surface area contributed by atoms with Crippen molar-refractivity contribution in [2.75, 3.05) is 13.1 Å². The van der Waals surface area contributed by atoms with E-state index in [0.29, 0.717) is 12.0 Å². The van der Waals surface area contributed by atoms with E-state index in [1.54, 1.807) is 0 Å². The lowest BCUT2D eigenvalue weighted by Crippen LogP contribution is -2.52. The van der Waals surface area contributed by atoms with Crippen molar-refractivity contribution in [3.63, 3.8) is 0 Å². The number of hydrogen-bond donors (Lipinski definition) is 2. The molecule has 1 aliphatic carbocycles. The Hall–Kier alpha value is -0.900. The van der Waals surface area contributed by atoms with Gasteiger partial charge in [-0.2, -0.15) is 0 Å². The minimum absolute atomic E-state index is 0.146. The van der Waals surface area contributed by atoms with E-state index in [4.69, 9.17) is 0 Å². The second kappa shape index (κ2) is 6.91. The summed E-state index contributed by atoms with van der Waals surface area (Å²) in [6.45, 7) is 5.25. The van der Waals surface area contributed by atoms with Gasteiger partial charge < -0.3 is 10.4 Å². The highest BCUT2D eigenvalue weighted by atomic mass is 16.3. The molecule has 3 nitrogen and oxygen atoms in total. The first-order valence-electron chi connectivity index (χ1n) is 8.45. The zero-order valence-electron chi connectivity index (χ0n) is 13.0. The monoisotopic (exact) mass is 288 g/mol. The van der Waals surface area contributed by atoms with Crippen LogP contribution >= 0.6 is 0 Å². The quantitative estimate of drug-likeness (QED) is 0.844. The van der Waals surface area contributed by atoms with Gasteiger partial charge in [0.15, 0.2) is 0 Å². The Kier molecular flexibility index (Phi) is 4.94. The van der Waals surface area contributed by atoms with Crippen LogP contribution in [0.4, 0.5) is 0 Å². The normalized spacial score (nSPS) is 28.5. The molecule has 3 heteroatoms. The number of nitrogens with zero attached hydrogens (tertiary/aromatic N) is 1. The molecule has 3 unspecified atom stereocenters. The molecule has 1 saturated carbocycles. The summed E-state index contributed by atoms with van der Waals surface area (Å²) in [5.74, 6) is 0.428. The summed E-state index contributed by atoms with van der Waals surface area (Å²) in [7, 11) is 0. The van der Waals surface area contributed by atoms with Crippen molar-refractivity contribution in [3.8, 4) is 0 Å². The van der Waals surface area contributed by atoms with Gasteiger partial charge in [-0.15, -0.1) is 0 Å². The topological polar surface area (TPSA) is 35.5 Å². The second-order valence-corrected chi connectivity index (χ2v) is 6.72. The SMILES string of the molecule is CCC(O)C1CC(NCc2ccccc2)CN(C2CC2)C1. The number of rotatable bonds is 6. The summed E-state index contributed by atoms with van der Waals surface area (Å²) in [5.41, 5.74) is 1.34. The van der Waals surface area contributed by atoms with Crippen LogP contribution in [0.2, 0.25) is 0 Å². The Morgan fingerprint density at radius 1 is 1.24 bits per heavy atom. The van der Waals surface area contributed by atoms with E-state index in [1.165, 1.54) is 18.4 Å². The molecule has 0 aromatic heterocycles. The van der Waals surface area contributed by atoms with E-state index in [0.717, 1.165) is 38.5 Å². The summed E-state index contributed by atoms with van der Waals surface area (Å²) >= 11 is 0. The number of likely N-dealkylation sites (tertiary alicyclic amines) is 1. The predicted molar refractivity (Wildman–Crippen MR) is 86.1 cm³/mol. The Bertz CT molecular complexity index is 432. The fourth-order valence-electron chi connectivity index (χ4n) is 3.53. The van der Waals surface area contributed by atoms with Crippen LogP contribution in [0.3, 0.4) is 0 Å². The summed E-state index contributed by atoms with van der Waals surface area (Å²) in [4.78, 5) is 2.61. The molecule has 3 atom stereocenters. The molecule has 1 heterocycles. The van der Waals surface area contributed by atoms with Crippen molar-refractivity contribution >= 4 is 0 Å². The average Bonchev–Trinajstić information content (AvgIpc) is 3.38. The number of hydrogen-bond acceptors (Lipinski definition) is 3. The summed E-state index contributed by atoms with van der Waals surface area (Å²) in [6.07, 6.45) is 4.52. The van der Waals surface area contributed by atoms with Gasteiger partial charge in [-0.3, -0.25) is 4.90 Å². The molecule has 0 radical (unpaired) electrons. The lowest BCUT2D eigenvalue weighted by Gasteiger charge is -2.40. The summed E-state index contributed by atoms with van der Waals surface area (Å²) in [6, 6.07) is 11.9. The van der Waals surface area contributed by atoms with Crippen LogP contribution in [-0.2, 0) is 6.54 Å². The van der Waals surface area contributed by atoms with E-state index in [-0.39, 0.29) is 6.10 Å². The van der Waals surface area contributed by atoms with Gasteiger partial charge in [-0.1, -0.05) is 37.3 Å². The standard InChI is InChI=1S/C18H28N2O/c1-2-18(21)15-10-16(13-20(12-15)17-8-9-17)19-11-14-6-4-3-5-7-14/h3-7,15-19,21H,2,8-13H2,1H3. The molecule has 0 bridgehead atoms. The van der Waals surface area contributed by atoms with Crippen molar-refractivity contribution in [2.45, 2.75) is 57.3 Å². The van der Waals surface area contributed by atoms with Gasteiger partial charge in [0, 0.05) is 31.7 Å². The Labute approximate surface area is 128 Å². The lowest BCUT2D eigenvalue weighted by molar-refractivity contribution is 0.0324. The van der Waals surface area contributed by atoms with Crippen molar-refractivity contribution < 1.29 is 5.11 Å². The van der Waals surface area contributed by atoms with Gasteiger partial charge in [-0.05, 0) is 37.2 Å². The Morgan fingerprint density at radius 3 is 2.67 bits per heavy atom. The maximum Gasteiger partial charge on any atom is 0.0578 e. The average molecular weight is 288 g/mol. The molecule has 1 aromatic rings. The number of aliphatic hydroxyl groups is 1. The first-order chi connectivity index (χ1) is 10.3. The number of nitrogens with one attached hydrogen (secondary N) is 1. The van der Waals surface area contributed by atoms with Crippen LogP contribution in [0.1, 0.15) is 38.2 Å². The van der Waals surface area contributed by atoms with Gasteiger partial charge in [0.2, 0.25) is 0 Å². The van der Waals surface area contributed by atoms with Gasteiger partial charge >= 0.3 is 0 Å². The van der Waals surface area contributed by atoms with Crippen molar-refractivity contribution in [1.29, 1.82) is 0 Å². The molecule has 1 saturated heterocycles. The molecule has 116 valence electrons. The van der Waals surface area contributed by atoms with Crippen LogP contribution < -0.4 is 5.32 Å². The highest BCUT2D eigenvalue weighted by Gasteiger charge is 2.37. The van der Waals surface area contributed by atoms with Crippen molar-refractivity contribution in [3.05, 3.63) is 35.9 Å². The number of benzene rings is 1. The first kappa shape index (κ1) is 15.0.